The van der Waals surface area contributed by atoms with E-state index >= 15 is 0 Å². The SMILES string of the molecule is CCCN(C)C(=O)c1cnc2c(ccn2-c2ccc(C(=O)N(CCO)CCO)cc2)c1. The summed E-state index contributed by atoms with van der Waals surface area (Å²) in [5.74, 6) is -0.299. The minimum Gasteiger partial charge on any atom is -0.395 e. The van der Waals surface area contributed by atoms with Gasteiger partial charge in [-0.15, -0.1) is 0 Å². The van der Waals surface area contributed by atoms with E-state index < -0.39 is 0 Å². The van der Waals surface area contributed by atoms with Crippen molar-refractivity contribution in [1.29, 1.82) is 0 Å². The maximum Gasteiger partial charge on any atom is 0.255 e. The molecule has 0 fully saturated rings. The standard InChI is InChI=1S/C23H28N4O4/c1-3-9-25(2)22(30)19-15-18-8-10-27(21(18)24-16-19)20-6-4-17(5-7-20)23(31)26(11-13-28)12-14-29/h4-8,10,15-16,28-29H,3,9,11-14H2,1-2H3. The number of nitrogens with zero attached hydrogens (tertiary/aromatic N) is 4. The van der Waals surface area contributed by atoms with E-state index in [1.54, 1.807) is 30.3 Å². The molecule has 0 bridgehead atoms. The molecule has 8 heteroatoms. The molecular formula is C23H28N4O4. The second-order valence-corrected chi connectivity index (χ2v) is 7.34. The van der Waals surface area contributed by atoms with Crippen molar-refractivity contribution < 1.29 is 19.8 Å². The monoisotopic (exact) mass is 424 g/mol. The summed E-state index contributed by atoms with van der Waals surface area (Å²) in [5.41, 5.74) is 2.57. The minimum absolute atomic E-state index is 0.0535. The summed E-state index contributed by atoms with van der Waals surface area (Å²) in [6.45, 7) is 2.73. The van der Waals surface area contributed by atoms with Crippen LogP contribution in [0.2, 0.25) is 0 Å². The number of pyridine rings is 1. The van der Waals surface area contributed by atoms with Crippen LogP contribution in [0.5, 0.6) is 0 Å². The molecule has 1 aromatic carbocycles. The molecule has 0 aliphatic heterocycles. The number of rotatable bonds is 9. The molecule has 2 amide bonds. The second-order valence-electron chi connectivity index (χ2n) is 7.34. The molecular weight excluding hydrogens is 396 g/mol. The Kier molecular flexibility index (Phi) is 7.38. The van der Waals surface area contributed by atoms with Crippen molar-refractivity contribution in [2.45, 2.75) is 13.3 Å². The van der Waals surface area contributed by atoms with Crippen LogP contribution in [0.3, 0.4) is 0 Å². The number of aliphatic hydroxyl groups excluding tert-OH is 2. The fraction of sp³-hybridized carbons (Fsp3) is 0.348. The topological polar surface area (TPSA) is 98.9 Å². The number of hydrogen-bond donors (Lipinski definition) is 2. The van der Waals surface area contributed by atoms with Crippen LogP contribution in [0.1, 0.15) is 34.1 Å². The van der Waals surface area contributed by atoms with Gasteiger partial charge < -0.3 is 24.6 Å². The van der Waals surface area contributed by atoms with Gasteiger partial charge in [-0.05, 0) is 42.8 Å². The average molecular weight is 425 g/mol. The third-order valence-electron chi connectivity index (χ3n) is 5.10. The van der Waals surface area contributed by atoms with Gasteiger partial charge in [0.25, 0.3) is 11.8 Å². The molecule has 0 saturated carbocycles. The molecule has 31 heavy (non-hydrogen) atoms. The van der Waals surface area contributed by atoms with Crippen LogP contribution in [-0.2, 0) is 0 Å². The van der Waals surface area contributed by atoms with Gasteiger partial charge >= 0.3 is 0 Å². The van der Waals surface area contributed by atoms with Gasteiger partial charge in [0.05, 0.1) is 18.8 Å². The van der Waals surface area contributed by atoms with Gasteiger partial charge in [-0.25, -0.2) is 4.98 Å². The summed E-state index contributed by atoms with van der Waals surface area (Å²) in [5, 5.41) is 19.1. The van der Waals surface area contributed by atoms with E-state index in [1.165, 1.54) is 4.90 Å². The fourth-order valence-corrected chi connectivity index (χ4v) is 3.51. The van der Waals surface area contributed by atoms with E-state index in [-0.39, 0.29) is 38.1 Å². The van der Waals surface area contributed by atoms with Crippen molar-refractivity contribution >= 4 is 22.8 Å². The van der Waals surface area contributed by atoms with Crippen molar-refractivity contribution in [2.75, 3.05) is 39.9 Å². The van der Waals surface area contributed by atoms with E-state index in [9.17, 15) is 9.59 Å². The molecule has 0 spiro atoms. The second kappa shape index (κ2) is 10.2. The first kappa shape index (κ1) is 22.5. The first-order valence-corrected chi connectivity index (χ1v) is 10.3. The Hall–Kier alpha value is -3.23. The maximum atomic E-state index is 12.6. The van der Waals surface area contributed by atoms with Crippen molar-refractivity contribution in [3.8, 4) is 5.69 Å². The van der Waals surface area contributed by atoms with Gasteiger partial charge in [0, 0.05) is 55.7 Å². The average Bonchev–Trinajstić information content (AvgIpc) is 3.21. The highest BCUT2D eigenvalue weighted by Gasteiger charge is 2.16. The van der Waals surface area contributed by atoms with E-state index in [2.05, 4.69) is 4.98 Å². The van der Waals surface area contributed by atoms with Gasteiger partial charge in [-0.1, -0.05) is 6.92 Å². The summed E-state index contributed by atoms with van der Waals surface area (Å²) in [7, 11) is 1.78. The first-order chi connectivity index (χ1) is 15.0. The van der Waals surface area contributed by atoms with Crippen LogP contribution in [-0.4, -0.2) is 81.3 Å². The minimum atomic E-state index is -0.246. The van der Waals surface area contributed by atoms with Gasteiger partial charge in [-0.2, -0.15) is 0 Å². The predicted molar refractivity (Wildman–Crippen MR) is 118 cm³/mol. The predicted octanol–water partition coefficient (Wildman–Crippen LogP) is 1.93. The van der Waals surface area contributed by atoms with Crippen molar-refractivity contribution in [1.82, 2.24) is 19.4 Å². The Labute approximate surface area is 181 Å². The first-order valence-electron chi connectivity index (χ1n) is 10.3. The maximum absolute atomic E-state index is 12.6. The Morgan fingerprint density at radius 2 is 1.65 bits per heavy atom. The highest BCUT2D eigenvalue weighted by atomic mass is 16.3. The zero-order valence-electron chi connectivity index (χ0n) is 17.9. The van der Waals surface area contributed by atoms with Crippen LogP contribution >= 0.6 is 0 Å². The van der Waals surface area contributed by atoms with Crippen molar-refractivity contribution in [3.63, 3.8) is 0 Å². The van der Waals surface area contributed by atoms with Gasteiger partial charge in [0.1, 0.15) is 5.65 Å². The molecule has 0 aliphatic carbocycles. The summed E-state index contributed by atoms with van der Waals surface area (Å²) in [4.78, 5) is 32.7. The third-order valence-corrected chi connectivity index (χ3v) is 5.10. The largest absolute Gasteiger partial charge is 0.395 e. The molecule has 164 valence electrons. The third kappa shape index (κ3) is 4.92. The lowest BCUT2D eigenvalue weighted by Gasteiger charge is -2.20. The molecule has 2 heterocycles. The molecule has 0 radical (unpaired) electrons. The molecule has 3 aromatic rings. The van der Waals surface area contributed by atoms with Gasteiger partial charge in [0.15, 0.2) is 0 Å². The van der Waals surface area contributed by atoms with Crippen LogP contribution in [0.4, 0.5) is 0 Å². The Balaban J connectivity index is 1.84. The van der Waals surface area contributed by atoms with Crippen molar-refractivity contribution in [3.05, 3.63) is 59.9 Å². The van der Waals surface area contributed by atoms with Crippen LogP contribution in [0, 0.1) is 0 Å². The number of carbonyl (C=O) groups excluding carboxylic acids is 2. The van der Waals surface area contributed by atoms with E-state index in [0.29, 0.717) is 17.7 Å². The van der Waals surface area contributed by atoms with E-state index in [4.69, 9.17) is 10.2 Å². The smallest absolute Gasteiger partial charge is 0.255 e. The molecule has 0 saturated heterocycles. The quantitative estimate of drug-likeness (QED) is 0.547. The van der Waals surface area contributed by atoms with Crippen LogP contribution < -0.4 is 0 Å². The molecule has 3 rings (SSSR count). The van der Waals surface area contributed by atoms with Gasteiger partial charge in [-0.3, -0.25) is 9.59 Å². The number of benzene rings is 1. The normalized spacial score (nSPS) is 11.0. The highest BCUT2D eigenvalue weighted by Crippen LogP contribution is 2.21. The Morgan fingerprint density at radius 3 is 2.26 bits per heavy atom. The zero-order valence-corrected chi connectivity index (χ0v) is 17.9. The summed E-state index contributed by atoms with van der Waals surface area (Å²) >= 11 is 0. The number of carbonyl (C=O) groups is 2. The molecule has 0 atom stereocenters. The Morgan fingerprint density at radius 1 is 0.968 bits per heavy atom. The van der Waals surface area contributed by atoms with Crippen LogP contribution in [0.15, 0.2) is 48.8 Å². The number of aliphatic hydroxyl groups is 2. The molecule has 0 unspecified atom stereocenters. The van der Waals surface area contributed by atoms with Crippen molar-refractivity contribution in [2.24, 2.45) is 0 Å². The summed E-state index contributed by atoms with van der Waals surface area (Å²) in [6, 6.07) is 10.8. The number of aromatic nitrogens is 2. The molecule has 2 N–H and O–H groups in total. The molecule has 8 nitrogen and oxygen atoms in total. The number of fused-ring (bicyclic) bond motifs is 1. The number of hydrogen-bond acceptors (Lipinski definition) is 5. The van der Waals surface area contributed by atoms with E-state index in [1.807, 2.05) is 42.0 Å². The zero-order chi connectivity index (χ0) is 22.4. The fourth-order valence-electron chi connectivity index (χ4n) is 3.51. The lowest BCUT2D eigenvalue weighted by molar-refractivity contribution is 0.0684. The summed E-state index contributed by atoms with van der Waals surface area (Å²) in [6.07, 6.45) is 4.36. The highest BCUT2D eigenvalue weighted by molar-refractivity contribution is 5.97. The Bertz CT molecular complexity index is 1040. The molecule has 2 aromatic heterocycles. The molecule has 0 aliphatic rings. The lowest BCUT2D eigenvalue weighted by atomic mass is 10.1. The summed E-state index contributed by atoms with van der Waals surface area (Å²) < 4.78 is 1.90. The van der Waals surface area contributed by atoms with Gasteiger partial charge in [0.2, 0.25) is 0 Å². The lowest BCUT2D eigenvalue weighted by Crippen LogP contribution is -2.35. The van der Waals surface area contributed by atoms with Crippen LogP contribution in [0.25, 0.3) is 16.7 Å². The number of amides is 2. The van der Waals surface area contributed by atoms with E-state index in [0.717, 1.165) is 23.1 Å².